The van der Waals surface area contributed by atoms with Gasteiger partial charge in [0.05, 0.1) is 6.42 Å². The molecule has 0 aromatic heterocycles. The summed E-state index contributed by atoms with van der Waals surface area (Å²) in [7, 11) is 0. The van der Waals surface area contributed by atoms with Crippen LogP contribution in [0.3, 0.4) is 0 Å². The first-order valence-electron chi connectivity index (χ1n) is 4.66. The minimum atomic E-state index is -0.916. The molecular formula is C11H16O5. The normalized spacial score (nSPS) is 9.19. The first-order chi connectivity index (χ1) is 7.25. The van der Waals surface area contributed by atoms with Crippen LogP contribution >= 0.6 is 0 Å². The summed E-state index contributed by atoms with van der Waals surface area (Å²) >= 11 is 0. The van der Waals surface area contributed by atoms with E-state index in [1.807, 2.05) is 0 Å². The molecule has 0 amide bonds. The van der Waals surface area contributed by atoms with Crippen LogP contribution in [0.15, 0.2) is 12.2 Å². The topological polar surface area (TPSA) is 88.5 Å². The third-order valence-electron chi connectivity index (χ3n) is 1.24. The van der Waals surface area contributed by atoms with E-state index < -0.39 is 5.97 Å². The molecule has 5 nitrogen and oxygen atoms in total. The number of carbonyl (C=O) groups excluding carboxylic acids is 3. The van der Waals surface area contributed by atoms with E-state index in [0.717, 1.165) is 0 Å². The van der Waals surface area contributed by atoms with Gasteiger partial charge in [-0.2, -0.15) is 0 Å². The van der Waals surface area contributed by atoms with Gasteiger partial charge >= 0.3 is 5.97 Å². The third kappa shape index (κ3) is 22.8. The fourth-order valence-electron chi connectivity index (χ4n) is 0.518. The monoisotopic (exact) mass is 228 g/mol. The van der Waals surface area contributed by atoms with Crippen LogP contribution < -0.4 is 0 Å². The van der Waals surface area contributed by atoms with Crippen molar-refractivity contribution in [1.82, 2.24) is 0 Å². The molecule has 0 heterocycles. The molecule has 0 aliphatic rings. The van der Waals surface area contributed by atoms with Crippen molar-refractivity contribution in [2.24, 2.45) is 0 Å². The Morgan fingerprint density at radius 1 is 0.875 bits per heavy atom. The Morgan fingerprint density at radius 2 is 1.25 bits per heavy atom. The van der Waals surface area contributed by atoms with Crippen molar-refractivity contribution in [3.05, 3.63) is 12.2 Å². The second-order valence-electron chi connectivity index (χ2n) is 3.15. The average Bonchev–Trinajstić information content (AvgIpc) is 2.12. The van der Waals surface area contributed by atoms with Gasteiger partial charge in [0, 0.05) is 6.42 Å². The average molecular weight is 228 g/mol. The molecule has 0 radical (unpaired) electrons. The van der Waals surface area contributed by atoms with E-state index in [-0.39, 0.29) is 30.2 Å². The van der Waals surface area contributed by atoms with Crippen molar-refractivity contribution >= 4 is 23.3 Å². The molecule has 0 unspecified atom stereocenters. The van der Waals surface area contributed by atoms with Crippen molar-refractivity contribution in [1.29, 1.82) is 0 Å². The minimum Gasteiger partial charge on any atom is -0.481 e. The van der Waals surface area contributed by atoms with Crippen LogP contribution in [-0.2, 0) is 19.2 Å². The van der Waals surface area contributed by atoms with E-state index in [1.165, 1.54) is 32.9 Å². The Hall–Kier alpha value is -1.78. The SMILES string of the molecule is CC(=O)/C=C\C(C)=O.CC(=O)CCC(=O)O. The highest BCUT2D eigenvalue weighted by Gasteiger charge is 1.97. The Morgan fingerprint density at radius 3 is 1.38 bits per heavy atom. The number of aliphatic carboxylic acids is 1. The molecule has 0 saturated heterocycles. The highest BCUT2D eigenvalue weighted by molar-refractivity contribution is 5.96. The van der Waals surface area contributed by atoms with Gasteiger partial charge in [-0.05, 0) is 32.9 Å². The lowest BCUT2D eigenvalue weighted by atomic mass is 10.2. The van der Waals surface area contributed by atoms with Crippen molar-refractivity contribution in [3.8, 4) is 0 Å². The van der Waals surface area contributed by atoms with Crippen LogP contribution in [0.25, 0.3) is 0 Å². The molecule has 16 heavy (non-hydrogen) atoms. The highest BCUT2D eigenvalue weighted by Crippen LogP contribution is 1.87. The van der Waals surface area contributed by atoms with E-state index >= 15 is 0 Å². The van der Waals surface area contributed by atoms with Crippen LogP contribution in [0.2, 0.25) is 0 Å². The Labute approximate surface area is 94.1 Å². The maximum absolute atomic E-state index is 10.1. The summed E-state index contributed by atoms with van der Waals surface area (Å²) in [5.41, 5.74) is 0. The molecule has 5 heteroatoms. The van der Waals surface area contributed by atoms with Gasteiger partial charge in [0.1, 0.15) is 5.78 Å². The van der Waals surface area contributed by atoms with E-state index in [1.54, 1.807) is 0 Å². The molecule has 90 valence electrons. The maximum atomic E-state index is 10.1. The Kier molecular flexibility index (Phi) is 10.2. The number of allylic oxidation sites excluding steroid dienone is 2. The third-order valence-corrected chi connectivity index (χ3v) is 1.24. The van der Waals surface area contributed by atoms with E-state index in [9.17, 15) is 19.2 Å². The first-order valence-corrected chi connectivity index (χ1v) is 4.66. The molecule has 1 N–H and O–H groups in total. The largest absolute Gasteiger partial charge is 0.481 e. The van der Waals surface area contributed by atoms with Crippen molar-refractivity contribution < 1.29 is 24.3 Å². The van der Waals surface area contributed by atoms with E-state index in [0.29, 0.717) is 0 Å². The molecule has 0 bridgehead atoms. The molecule has 0 saturated carbocycles. The van der Waals surface area contributed by atoms with Crippen LogP contribution in [0.4, 0.5) is 0 Å². The number of ketones is 3. The number of carboxylic acid groups (broad SMARTS) is 1. The fraction of sp³-hybridized carbons (Fsp3) is 0.455. The lowest BCUT2D eigenvalue weighted by molar-refractivity contribution is -0.138. The molecule has 0 atom stereocenters. The van der Waals surface area contributed by atoms with Gasteiger partial charge in [0.15, 0.2) is 11.6 Å². The zero-order valence-electron chi connectivity index (χ0n) is 9.65. The molecule has 0 aromatic carbocycles. The second kappa shape index (κ2) is 9.76. The maximum Gasteiger partial charge on any atom is 0.303 e. The number of carbonyl (C=O) groups is 4. The van der Waals surface area contributed by atoms with Crippen LogP contribution in [0.5, 0.6) is 0 Å². The number of Topliss-reactive ketones (excluding diaryl/α,β-unsaturated/α-hetero) is 1. The standard InChI is InChI=1S/C6H8O2.C5H8O3/c1-5(7)3-4-6(2)8;1-4(6)2-3-5(7)8/h3-4H,1-2H3;2-3H2,1H3,(H,7,8)/b4-3-;. The van der Waals surface area contributed by atoms with Gasteiger partial charge in [-0.1, -0.05) is 0 Å². The summed E-state index contributed by atoms with van der Waals surface area (Å²) in [5, 5.41) is 8.01. The second-order valence-corrected chi connectivity index (χ2v) is 3.15. The summed E-state index contributed by atoms with van der Waals surface area (Å²) in [5.74, 6) is -1.19. The van der Waals surface area contributed by atoms with Gasteiger partial charge < -0.3 is 9.90 Å². The van der Waals surface area contributed by atoms with Gasteiger partial charge in [-0.3, -0.25) is 14.4 Å². The van der Waals surface area contributed by atoms with Crippen molar-refractivity contribution in [3.63, 3.8) is 0 Å². The van der Waals surface area contributed by atoms with Gasteiger partial charge in [0.25, 0.3) is 0 Å². The van der Waals surface area contributed by atoms with Crippen LogP contribution in [0.1, 0.15) is 33.6 Å². The minimum absolute atomic E-state index is 0.0463. The number of rotatable bonds is 5. The van der Waals surface area contributed by atoms with E-state index in [4.69, 9.17) is 5.11 Å². The molecular weight excluding hydrogens is 212 g/mol. The predicted molar refractivity (Wildman–Crippen MR) is 58.1 cm³/mol. The fourth-order valence-corrected chi connectivity index (χ4v) is 0.518. The van der Waals surface area contributed by atoms with Gasteiger partial charge in [-0.25, -0.2) is 0 Å². The highest BCUT2D eigenvalue weighted by atomic mass is 16.4. The lowest BCUT2D eigenvalue weighted by Crippen LogP contribution is -1.98. The summed E-state index contributed by atoms with van der Waals surface area (Å²) in [6.07, 6.45) is 2.61. The number of carboxylic acids is 1. The molecule has 0 aliphatic heterocycles. The summed E-state index contributed by atoms with van der Waals surface area (Å²) < 4.78 is 0. The number of hydrogen-bond donors (Lipinski definition) is 1. The van der Waals surface area contributed by atoms with Crippen LogP contribution in [-0.4, -0.2) is 28.4 Å². The molecule has 0 aliphatic carbocycles. The van der Waals surface area contributed by atoms with Gasteiger partial charge in [-0.15, -0.1) is 0 Å². The van der Waals surface area contributed by atoms with Crippen molar-refractivity contribution in [2.45, 2.75) is 33.6 Å². The smallest absolute Gasteiger partial charge is 0.303 e. The van der Waals surface area contributed by atoms with Gasteiger partial charge in [0.2, 0.25) is 0 Å². The quantitative estimate of drug-likeness (QED) is 0.713. The summed E-state index contributed by atoms with van der Waals surface area (Å²) in [4.78, 5) is 40.1. The zero-order valence-corrected chi connectivity index (χ0v) is 9.65. The summed E-state index contributed by atoms with van der Waals surface area (Å²) in [6, 6.07) is 0. The lowest BCUT2D eigenvalue weighted by Gasteiger charge is -1.86. The van der Waals surface area contributed by atoms with Crippen LogP contribution in [0, 0.1) is 0 Å². The number of hydrogen-bond acceptors (Lipinski definition) is 4. The first kappa shape index (κ1) is 16.6. The molecule has 0 fully saturated rings. The summed E-state index contributed by atoms with van der Waals surface area (Å²) in [6.45, 7) is 4.18. The molecule has 0 rings (SSSR count). The molecule has 0 aromatic rings. The predicted octanol–water partition coefficient (Wildman–Crippen LogP) is 1.16. The Balaban J connectivity index is 0. The molecule has 0 spiro atoms. The Bertz CT molecular complexity index is 271. The zero-order chi connectivity index (χ0) is 13.1. The van der Waals surface area contributed by atoms with E-state index in [2.05, 4.69) is 0 Å². The van der Waals surface area contributed by atoms with Crippen molar-refractivity contribution in [2.75, 3.05) is 0 Å².